The predicted octanol–water partition coefficient (Wildman–Crippen LogP) is 3.07. The van der Waals surface area contributed by atoms with E-state index in [9.17, 15) is 4.39 Å². The summed E-state index contributed by atoms with van der Waals surface area (Å²) < 4.78 is 13.1. The fourth-order valence-corrected chi connectivity index (χ4v) is 4.08. The fraction of sp³-hybridized carbons (Fsp3) is 0.524. The van der Waals surface area contributed by atoms with E-state index in [-0.39, 0.29) is 5.82 Å². The van der Waals surface area contributed by atoms with Crippen molar-refractivity contribution in [2.75, 3.05) is 38.6 Å². The minimum Gasteiger partial charge on any atom is -0.357 e. The summed E-state index contributed by atoms with van der Waals surface area (Å²) in [5.41, 5.74) is 2.15. The van der Waals surface area contributed by atoms with E-state index in [1.54, 1.807) is 11.3 Å². The van der Waals surface area contributed by atoms with E-state index in [0.717, 1.165) is 61.4 Å². The predicted molar refractivity (Wildman–Crippen MR) is 119 cm³/mol. The van der Waals surface area contributed by atoms with Crippen LogP contribution in [0.2, 0.25) is 0 Å². The molecule has 158 valence electrons. The molecule has 2 N–H and O–H groups in total. The lowest BCUT2D eigenvalue weighted by molar-refractivity contribution is 0.198. The van der Waals surface area contributed by atoms with Crippen LogP contribution in [0.1, 0.15) is 31.0 Å². The highest BCUT2D eigenvalue weighted by molar-refractivity contribution is 7.13. The van der Waals surface area contributed by atoms with Gasteiger partial charge in [-0.3, -0.25) is 4.90 Å². The number of aromatic nitrogens is 1. The van der Waals surface area contributed by atoms with Gasteiger partial charge in [0, 0.05) is 51.7 Å². The van der Waals surface area contributed by atoms with E-state index in [1.807, 2.05) is 31.1 Å². The summed E-state index contributed by atoms with van der Waals surface area (Å²) in [5.74, 6) is 0.673. The summed E-state index contributed by atoms with van der Waals surface area (Å²) in [6.07, 6.45) is 2.13. The van der Waals surface area contributed by atoms with Crippen molar-refractivity contribution in [3.8, 4) is 0 Å². The fourth-order valence-electron chi connectivity index (χ4n) is 3.33. The van der Waals surface area contributed by atoms with Crippen molar-refractivity contribution in [2.45, 2.75) is 38.9 Å². The Morgan fingerprint density at radius 2 is 2.00 bits per heavy atom. The van der Waals surface area contributed by atoms with Crippen molar-refractivity contribution >= 4 is 22.4 Å². The van der Waals surface area contributed by atoms with E-state index >= 15 is 0 Å². The highest BCUT2D eigenvalue weighted by Crippen LogP contribution is 2.18. The van der Waals surface area contributed by atoms with Crippen LogP contribution in [0.3, 0.4) is 0 Å². The lowest BCUT2D eigenvalue weighted by Gasteiger charge is -2.33. The molecule has 0 amide bonds. The highest BCUT2D eigenvalue weighted by atomic mass is 32.1. The van der Waals surface area contributed by atoms with Gasteiger partial charge < -0.3 is 15.5 Å². The number of nitrogens with one attached hydrogen (secondary N) is 2. The van der Waals surface area contributed by atoms with Gasteiger partial charge in [-0.15, -0.1) is 11.3 Å². The van der Waals surface area contributed by atoms with E-state index in [1.165, 1.54) is 12.1 Å². The zero-order chi connectivity index (χ0) is 20.6. The lowest BCUT2D eigenvalue weighted by Crippen LogP contribution is -2.48. The molecule has 0 bridgehead atoms. The van der Waals surface area contributed by atoms with E-state index in [2.05, 4.69) is 32.8 Å². The Labute approximate surface area is 176 Å². The summed E-state index contributed by atoms with van der Waals surface area (Å²) in [6, 6.07) is 7.22. The van der Waals surface area contributed by atoms with Gasteiger partial charge in [0.15, 0.2) is 11.1 Å². The molecule has 0 atom stereocenters. The summed E-state index contributed by atoms with van der Waals surface area (Å²) >= 11 is 1.64. The molecule has 0 saturated carbocycles. The second kappa shape index (κ2) is 10.5. The van der Waals surface area contributed by atoms with Gasteiger partial charge in [0.1, 0.15) is 5.82 Å². The third-order valence-corrected chi connectivity index (χ3v) is 5.97. The monoisotopic (exact) mass is 418 g/mol. The standard InChI is InChI=1S/C21H31FN6S/c1-4-23-20(24-13-19-15-29-21(26-19)27(2)3)25-18-9-11-28(12-10-18)14-16-5-7-17(22)8-6-16/h5-8,15,18H,4,9-14H2,1-3H3,(H2,23,24,25). The molecule has 29 heavy (non-hydrogen) atoms. The molecule has 1 saturated heterocycles. The largest absolute Gasteiger partial charge is 0.357 e. The SMILES string of the molecule is CCNC(=NCc1csc(N(C)C)n1)NC1CCN(Cc2ccc(F)cc2)CC1. The number of piperidine rings is 1. The molecule has 1 aromatic carbocycles. The van der Waals surface area contributed by atoms with Crippen LogP contribution in [0.4, 0.5) is 9.52 Å². The number of thiazole rings is 1. The number of aliphatic imine (C=N–C) groups is 1. The first kappa shape index (κ1) is 21.5. The molecular weight excluding hydrogens is 387 g/mol. The van der Waals surface area contributed by atoms with E-state index in [4.69, 9.17) is 4.99 Å². The zero-order valence-electron chi connectivity index (χ0n) is 17.5. The van der Waals surface area contributed by atoms with Crippen LogP contribution < -0.4 is 15.5 Å². The second-order valence-electron chi connectivity index (χ2n) is 7.53. The van der Waals surface area contributed by atoms with Gasteiger partial charge in [0.25, 0.3) is 0 Å². The third kappa shape index (κ3) is 6.68. The summed E-state index contributed by atoms with van der Waals surface area (Å²) in [4.78, 5) is 13.8. The van der Waals surface area contributed by atoms with Gasteiger partial charge in [-0.25, -0.2) is 14.4 Å². The van der Waals surface area contributed by atoms with Gasteiger partial charge in [-0.05, 0) is 37.5 Å². The zero-order valence-corrected chi connectivity index (χ0v) is 18.3. The van der Waals surface area contributed by atoms with Gasteiger partial charge in [-0.1, -0.05) is 12.1 Å². The molecule has 1 fully saturated rings. The Balaban J connectivity index is 1.48. The van der Waals surface area contributed by atoms with Crippen LogP contribution in [0.25, 0.3) is 0 Å². The van der Waals surface area contributed by atoms with Gasteiger partial charge in [0.2, 0.25) is 0 Å². The number of hydrogen-bond donors (Lipinski definition) is 2. The molecule has 2 heterocycles. The molecule has 0 spiro atoms. The Morgan fingerprint density at radius 1 is 1.28 bits per heavy atom. The first-order chi connectivity index (χ1) is 14.0. The summed E-state index contributed by atoms with van der Waals surface area (Å²) in [5, 5.41) is 9.98. The number of benzene rings is 1. The summed E-state index contributed by atoms with van der Waals surface area (Å²) in [7, 11) is 4.00. The average molecular weight is 419 g/mol. The normalized spacial score (nSPS) is 16.1. The maximum absolute atomic E-state index is 13.1. The Kier molecular flexibility index (Phi) is 7.83. The second-order valence-corrected chi connectivity index (χ2v) is 8.37. The van der Waals surface area contributed by atoms with Crippen LogP contribution in [0, 0.1) is 5.82 Å². The van der Waals surface area contributed by atoms with Crippen molar-refractivity contribution < 1.29 is 4.39 Å². The van der Waals surface area contributed by atoms with Gasteiger partial charge >= 0.3 is 0 Å². The van der Waals surface area contributed by atoms with Crippen molar-refractivity contribution in [1.29, 1.82) is 0 Å². The van der Waals surface area contributed by atoms with Gasteiger partial charge in [-0.2, -0.15) is 0 Å². The van der Waals surface area contributed by atoms with E-state index in [0.29, 0.717) is 12.6 Å². The first-order valence-electron chi connectivity index (χ1n) is 10.2. The quantitative estimate of drug-likeness (QED) is 0.535. The van der Waals surface area contributed by atoms with Crippen molar-refractivity contribution in [3.63, 3.8) is 0 Å². The maximum Gasteiger partial charge on any atom is 0.191 e. The molecule has 1 aromatic heterocycles. The molecule has 1 aliphatic heterocycles. The van der Waals surface area contributed by atoms with Gasteiger partial charge in [0.05, 0.1) is 12.2 Å². The molecule has 6 nitrogen and oxygen atoms in total. The minimum atomic E-state index is -0.178. The van der Waals surface area contributed by atoms with Crippen LogP contribution in [0.15, 0.2) is 34.6 Å². The Hall–Kier alpha value is -2.19. The molecule has 2 aromatic rings. The average Bonchev–Trinajstić information content (AvgIpc) is 3.19. The number of likely N-dealkylation sites (tertiary alicyclic amines) is 1. The Morgan fingerprint density at radius 3 is 2.62 bits per heavy atom. The molecule has 3 rings (SSSR count). The highest BCUT2D eigenvalue weighted by Gasteiger charge is 2.20. The van der Waals surface area contributed by atoms with Crippen LogP contribution in [0.5, 0.6) is 0 Å². The smallest absolute Gasteiger partial charge is 0.191 e. The minimum absolute atomic E-state index is 0.178. The number of hydrogen-bond acceptors (Lipinski definition) is 5. The number of nitrogens with zero attached hydrogens (tertiary/aromatic N) is 4. The maximum atomic E-state index is 13.1. The number of rotatable bonds is 7. The van der Waals surface area contributed by atoms with Crippen LogP contribution >= 0.6 is 11.3 Å². The third-order valence-electron chi connectivity index (χ3n) is 4.91. The molecule has 0 radical (unpaired) electrons. The van der Waals surface area contributed by atoms with Crippen LogP contribution in [-0.4, -0.2) is 55.6 Å². The topological polar surface area (TPSA) is 55.8 Å². The molecule has 0 aliphatic carbocycles. The van der Waals surface area contributed by atoms with Crippen molar-refractivity contribution in [3.05, 3.63) is 46.7 Å². The van der Waals surface area contributed by atoms with Crippen LogP contribution in [-0.2, 0) is 13.1 Å². The molecule has 8 heteroatoms. The van der Waals surface area contributed by atoms with Crippen molar-refractivity contribution in [2.24, 2.45) is 4.99 Å². The molecule has 0 unspecified atom stereocenters. The van der Waals surface area contributed by atoms with Crippen molar-refractivity contribution in [1.82, 2.24) is 20.5 Å². The number of anilines is 1. The Bertz CT molecular complexity index is 781. The number of halogens is 1. The lowest BCUT2D eigenvalue weighted by atomic mass is 10.0. The molecular formula is C21H31FN6S. The van der Waals surface area contributed by atoms with E-state index < -0.39 is 0 Å². The summed E-state index contributed by atoms with van der Waals surface area (Å²) in [6.45, 7) is 6.40. The first-order valence-corrected chi connectivity index (χ1v) is 11.0. The molecule has 1 aliphatic rings. The number of guanidine groups is 1.